The van der Waals surface area contributed by atoms with Gasteiger partial charge in [0, 0.05) is 29.6 Å². The van der Waals surface area contributed by atoms with Crippen LogP contribution in [0, 0.1) is 0 Å². The van der Waals surface area contributed by atoms with Crippen LogP contribution in [0.15, 0.2) is 24.5 Å². The number of aldehydes is 1. The molecule has 0 bridgehead atoms. The SMILES string of the molecule is CS(=O)n1cc(C=O)c2cccnc21. The standard InChI is InChI=1S/C9H8N2O2S/c1-14(13)11-5-7(6-12)8-3-2-4-10-9(8)11/h2-6H,1H3. The van der Waals surface area contributed by atoms with Crippen molar-refractivity contribution in [2.24, 2.45) is 0 Å². The lowest BCUT2D eigenvalue weighted by molar-refractivity contribution is 0.112. The van der Waals surface area contributed by atoms with Crippen molar-refractivity contribution in [2.75, 3.05) is 6.26 Å². The van der Waals surface area contributed by atoms with Crippen molar-refractivity contribution < 1.29 is 9.00 Å². The molecule has 0 fully saturated rings. The molecule has 4 nitrogen and oxygen atoms in total. The summed E-state index contributed by atoms with van der Waals surface area (Å²) in [7, 11) is -1.19. The number of carbonyl (C=O) groups is 1. The van der Waals surface area contributed by atoms with E-state index in [1.165, 1.54) is 3.97 Å². The van der Waals surface area contributed by atoms with Crippen molar-refractivity contribution in [3.8, 4) is 0 Å². The van der Waals surface area contributed by atoms with E-state index in [9.17, 15) is 9.00 Å². The van der Waals surface area contributed by atoms with Crippen molar-refractivity contribution in [1.82, 2.24) is 8.96 Å². The Kier molecular flexibility index (Phi) is 2.17. The largest absolute Gasteiger partial charge is 0.298 e. The fraction of sp³-hybridized carbons (Fsp3) is 0.111. The average molecular weight is 208 g/mol. The van der Waals surface area contributed by atoms with Crippen molar-refractivity contribution in [3.05, 3.63) is 30.1 Å². The Morgan fingerprint density at radius 1 is 1.57 bits per heavy atom. The van der Waals surface area contributed by atoms with Gasteiger partial charge in [-0.25, -0.2) is 13.2 Å². The topological polar surface area (TPSA) is 52.0 Å². The molecule has 1 atom stereocenters. The maximum Gasteiger partial charge on any atom is 0.152 e. The third-order valence-corrected chi connectivity index (χ3v) is 2.80. The Morgan fingerprint density at radius 2 is 2.36 bits per heavy atom. The van der Waals surface area contributed by atoms with Gasteiger partial charge in [-0.15, -0.1) is 0 Å². The van der Waals surface area contributed by atoms with Gasteiger partial charge >= 0.3 is 0 Å². The van der Waals surface area contributed by atoms with E-state index in [1.807, 2.05) is 0 Å². The van der Waals surface area contributed by atoms with E-state index >= 15 is 0 Å². The molecule has 0 aromatic carbocycles. The quantitative estimate of drug-likeness (QED) is 0.691. The van der Waals surface area contributed by atoms with E-state index in [0.29, 0.717) is 11.2 Å². The van der Waals surface area contributed by atoms with E-state index < -0.39 is 11.0 Å². The summed E-state index contributed by atoms with van der Waals surface area (Å²) in [5.41, 5.74) is 1.10. The molecule has 2 rings (SSSR count). The molecule has 5 heteroatoms. The molecule has 0 aliphatic carbocycles. The summed E-state index contributed by atoms with van der Waals surface area (Å²) in [6, 6.07) is 3.54. The van der Waals surface area contributed by atoms with E-state index in [1.54, 1.807) is 30.8 Å². The molecule has 2 aromatic heterocycles. The molecular formula is C9H8N2O2S. The lowest BCUT2D eigenvalue weighted by Crippen LogP contribution is -2.00. The van der Waals surface area contributed by atoms with Crippen LogP contribution in [0.5, 0.6) is 0 Å². The zero-order valence-corrected chi connectivity index (χ0v) is 8.32. The molecule has 1 unspecified atom stereocenters. The van der Waals surface area contributed by atoms with Crippen LogP contribution in [0.25, 0.3) is 11.0 Å². The van der Waals surface area contributed by atoms with E-state index in [0.717, 1.165) is 11.7 Å². The summed E-state index contributed by atoms with van der Waals surface area (Å²) in [5.74, 6) is 0. The second-order valence-corrected chi connectivity index (χ2v) is 4.07. The first kappa shape index (κ1) is 9.08. The molecule has 2 heterocycles. The van der Waals surface area contributed by atoms with Gasteiger partial charge in [-0.2, -0.15) is 0 Å². The first-order valence-electron chi connectivity index (χ1n) is 3.99. The summed E-state index contributed by atoms with van der Waals surface area (Å²) in [4.78, 5) is 14.8. The van der Waals surface area contributed by atoms with Crippen LogP contribution in [0.2, 0.25) is 0 Å². The van der Waals surface area contributed by atoms with Crippen LogP contribution >= 0.6 is 0 Å². The molecule has 14 heavy (non-hydrogen) atoms. The summed E-state index contributed by atoms with van der Waals surface area (Å²) in [6.45, 7) is 0. The predicted molar refractivity (Wildman–Crippen MR) is 54.6 cm³/mol. The first-order valence-corrected chi connectivity index (χ1v) is 5.50. The highest BCUT2D eigenvalue weighted by atomic mass is 32.2. The van der Waals surface area contributed by atoms with Crippen LogP contribution in [0.1, 0.15) is 10.4 Å². The molecule has 0 saturated heterocycles. The third-order valence-electron chi connectivity index (χ3n) is 1.97. The molecule has 0 N–H and O–H groups in total. The zero-order chi connectivity index (χ0) is 10.1. The van der Waals surface area contributed by atoms with Gasteiger partial charge in [-0.05, 0) is 12.1 Å². The molecule has 2 aromatic rings. The van der Waals surface area contributed by atoms with Gasteiger partial charge in [0.15, 0.2) is 11.9 Å². The highest BCUT2D eigenvalue weighted by Gasteiger charge is 2.09. The summed E-state index contributed by atoms with van der Waals surface area (Å²) in [6.07, 6.45) is 5.46. The second-order valence-electron chi connectivity index (χ2n) is 2.83. The molecule has 0 radical (unpaired) electrons. The number of fused-ring (bicyclic) bond motifs is 1. The van der Waals surface area contributed by atoms with Gasteiger partial charge < -0.3 is 0 Å². The average Bonchev–Trinajstić information content (AvgIpc) is 2.56. The predicted octanol–water partition coefficient (Wildman–Crippen LogP) is 0.990. The second kappa shape index (κ2) is 3.34. The lowest BCUT2D eigenvalue weighted by Gasteiger charge is -1.96. The Labute approximate surface area is 83.2 Å². The minimum Gasteiger partial charge on any atom is -0.298 e. The minimum atomic E-state index is -1.19. The molecule has 72 valence electrons. The highest BCUT2D eigenvalue weighted by Crippen LogP contribution is 2.17. The number of nitrogens with zero attached hydrogens (tertiary/aromatic N) is 2. The van der Waals surface area contributed by atoms with Gasteiger partial charge in [-0.3, -0.25) is 4.79 Å². The van der Waals surface area contributed by atoms with E-state index in [2.05, 4.69) is 4.98 Å². The van der Waals surface area contributed by atoms with Crippen molar-refractivity contribution in [2.45, 2.75) is 0 Å². The smallest absolute Gasteiger partial charge is 0.152 e. The summed E-state index contributed by atoms with van der Waals surface area (Å²) < 4.78 is 12.8. The Balaban J connectivity index is 2.86. The summed E-state index contributed by atoms with van der Waals surface area (Å²) >= 11 is 0. The fourth-order valence-corrected chi connectivity index (χ4v) is 2.00. The van der Waals surface area contributed by atoms with Crippen LogP contribution in [0.4, 0.5) is 0 Å². The van der Waals surface area contributed by atoms with Crippen molar-refractivity contribution >= 4 is 28.3 Å². The normalized spacial score (nSPS) is 12.9. The number of hydrogen-bond acceptors (Lipinski definition) is 3. The van der Waals surface area contributed by atoms with E-state index in [-0.39, 0.29) is 0 Å². The van der Waals surface area contributed by atoms with Crippen LogP contribution in [-0.2, 0) is 11.0 Å². The number of hydrogen-bond donors (Lipinski definition) is 0. The molecule has 0 aliphatic heterocycles. The summed E-state index contributed by atoms with van der Waals surface area (Å²) in [5, 5.41) is 0.734. The first-order chi connectivity index (χ1) is 6.74. The monoisotopic (exact) mass is 208 g/mol. The maximum atomic E-state index is 11.3. The van der Waals surface area contributed by atoms with Gasteiger partial charge in [0.05, 0.1) is 0 Å². The van der Waals surface area contributed by atoms with Gasteiger partial charge in [0.2, 0.25) is 0 Å². The number of aromatic nitrogens is 2. The molecule has 0 aliphatic rings. The van der Waals surface area contributed by atoms with Gasteiger partial charge in [-0.1, -0.05) is 0 Å². The number of carbonyl (C=O) groups excluding carboxylic acids is 1. The maximum absolute atomic E-state index is 11.3. The van der Waals surface area contributed by atoms with Crippen LogP contribution in [0.3, 0.4) is 0 Å². The minimum absolute atomic E-state index is 0.517. The molecule has 0 amide bonds. The Morgan fingerprint density at radius 3 is 3.00 bits per heavy atom. The van der Waals surface area contributed by atoms with Crippen molar-refractivity contribution in [3.63, 3.8) is 0 Å². The zero-order valence-electron chi connectivity index (χ0n) is 7.51. The van der Waals surface area contributed by atoms with Gasteiger partial charge in [0.25, 0.3) is 0 Å². The third kappa shape index (κ3) is 1.26. The molecule has 0 spiro atoms. The van der Waals surface area contributed by atoms with Crippen LogP contribution < -0.4 is 0 Å². The highest BCUT2D eigenvalue weighted by molar-refractivity contribution is 7.82. The Hall–Kier alpha value is -1.49. The fourth-order valence-electron chi connectivity index (χ4n) is 1.34. The van der Waals surface area contributed by atoms with Crippen molar-refractivity contribution in [1.29, 1.82) is 0 Å². The van der Waals surface area contributed by atoms with E-state index in [4.69, 9.17) is 0 Å². The lowest BCUT2D eigenvalue weighted by atomic mass is 10.2. The molecule has 0 saturated carbocycles. The molecular weight excluding hydrogens is 200 g/mol. The number of pyridine rings is 1. The van der Waals surface area contributed by atoms with Gasteiger partial charge in [0.1, 0.15) is 11.0 Å². The Bertz CT molecular complexity index is 519. The number of rotatable bonds is 2. The van der Waals surface area contributed by atoms with Crippen LogP contribution in [-0.4, -0.2) is 25.7 Å².